The standard InChI is InChI=1S/C11H13ClN4OS/c12-6-7-17-8-9-18-11-13-14-15-16(11)10-4-2-1-3-5-10/h1-5H,6-9H2. The van der Waals surface area contributed by atoms with Crippen LogP contribution in [0.2, 0.25) is 0 Å². The summed E-state index contributed by atoms with van der Waals surface area (Å²) in [5.41, 5.74) is 0.951. The van der Waals surface area contributed by atoms with Crippen molar-refractivity contribution < 1.29 is 4.74 Å². The summed E-state index contributed by atoms with van der Waals surface area (Å²) in [5.74, 6) is 1.32. The number of para-hydroxylation sites is 1. The minimum Gasteiger partial charge on any atom is -0.379 e. The summed E-state index contributed by atoms with van der Waals surface area (Å²) >= 11 is 7.07. The molecule has 0 aliphatic rings. The minimum atomic E-state index is 0.520. The summed E-state index contributed by atoms with van der Waals surface area (Å²) < 4.78 is 7.01. The molecule has 0 radical (unpaired) electrons. The van der Waals surface area contributed by atoms with Crippen LogP contribution in [-0.2, 0) is 4.74 Å². The first-order valence-electron chi connectivity index (χ1n) is 5.52. The highest BCUT2D eigenvalue weighted by Gasteiger charge is 2.07. The molecule has 96 valence electrons. The lowest BCUT2D eigenvalue weighted by molar-refractivity contribution is 0.166. The highest BCUT2D eigenvalue weighted by molar-refractivity contribution is 7.99. The van der Waals surface area contributed by atoms with Gasteiger partial charge in [0.05, 0.1) is 18.9 Å². The largest absolute Gasteiger partial charge is 0.379 e. The van der Waals surface area contributed by atoms with Gasteiger partial charge in [-0.2, -0.15) is 4.68 Å². The number of halogens is 1. The Morgan fingerprint density at radius 3 is 2.83 bits per heavy atom. The van der Waals surface area contributed by atoms with Crippen LogP contribution in [0.3, 0.4) is 0 Å². The van der Waals surface area contributed by atoms with Gasteiger partial charge in [0.1, 0.15) is 0 Å². The summed E-state index contributed by atoms with van der Waals surface area (Å²) in [6.07, 6.45) is 0. The zero-order valence-electron chi connectivity index (χ0n) is 9.70. The third-order valence-corrected chi connectivity index (χ3v) is 3.16. The SMILES string of the molecule is ClCCOCCSc1nnnn1-c1ccccc1. The van der Waals surface area contributed by atoms with Gasteiger partial charge < -0.3 is 4.74 Å². The minimum absolute atomic E-state index is 0.520. The molecule has 7 heteroatoms. The van der Waals surface area contributed by atoms with Crippen LogP contribution in [-0.4, -0.2) is 45.1 Å². The van der Waals surface area contributed by atoms with E-state index in [9.17, 15) is 0 Å². The normalized spacial score (nSPS) is 10.7. The number of benzene rings is 1. The van der Waals surface area contributed by atoms with Gasteiger partial charge in [0, 0.05) is 11.6 Å². The van der Waals surface area contributed by atoms with Crippen LogP contribution in [0.5, 0.6) is 0 Å². The van der Waals surface area contributed by atoms with Gasteiger partial charge in [0.15, 0.2) is 0 Å². The van der Waals surface area contributed by atoms with E-state index in [-0.39, 0.29) is 0 Å². The van der Waals surface area contributed by atoms with E-state index in [0.29, 0.717) is 19.1 Å². The molecule has 0 spiro atoms. The molecule has 0 N–H and O–H groups in total. The van der Waals surface area contributed by atoms with Crippen LogP contribution in [0.15, 0.2) is 35.5 Å². The molecule has 18 heavy (non-hydrogen) atoms. The zero-order chi connectivity index (χ0) is 12.6. The maximum absolute atomic E-state index is 5.52. The van der Waals surface area contributed by atoms with Gasteiger partial charge in [0.2, 0.25) is 5.16 Å². The average molecular weight is 285 g/mol. The monoisotopic (exact) mass is 284 g/mol. The first-order valence-corrected chi connectivity index (χ1v) is 7.04. The predicted octanol–water partition coefficient (Wildman–Crippen LogP) is 2.01. The quantitative estimate of drug-likeness (QED) is 0.442. The maximum Gasteiger partial charge on any atom is 0.214 e. The third kappa shape index (κ3) is 3.69. The molecule has 0 fully saturated rings. The van der Waals surface area contributed by atoms with Crippen molar-refractivity contribution in [2.75, 3.05) is 24.8 Å². The second-order valence-electron chi connectivity index (χ2n) is 3.36. The van der Waals surface area contributed by atoms with E-state index in [1.165, 1.54) is 0 Å². The van der Waals surface area contributed by atoms with Gasteiger partial charge in [-0.25, -0.2) is 0 Å². The van der Waals surface area contributed by atoms with Crippen LogP contribution >= 0.6 is 23.4 Å². The predicted molar refractivity (Wildman–Crippen MR) is 71.4 cm³/mol. The Kier molecular flexibility index (Phi) is 5.44. The Morgan fingerprint density at radius 1 is 1.22 bits per heavy atom. The van der Waals surface area contributed by atoms with Gasteiger partial charge in [-0.15, -0.1) is 16.7 Å². The summed E-state index contributed by atoms with van der Waals surface area (Å²) in [5, 5.41) is 12.4. The highest BCUT2D eigenvalue weighted by Crippen LogP contribution is 2.17. The molecule has 0 aliphatic heterocycles. The second kappa shape index (κ2) is 7.35. The fourth-order valence-corrected chi connectivity index (χ4v) is 2.20. The van der Waals surface area contributed by atoms with Crippen LogP contribution in [0.25, 0.3) is 5.69 Å². The lowest BCUT2D eigenvalue weighted by atomic mass is 10.3. The number of aromatic nitrogens is 4. The molecule has 0 unspecified atom stereocenters. The van der Waals surface area contributed by atoms with E-state index in [4.69, 9.17) is 16.3 Å². The fraction of sp³-hybridized carbons (Fsp3) is 0.364. The van der Waals surface area contributed by atoms with Crippen molar-refractivity contribution in [3.8, 4) is 5.69 Å². The number of nitrogens with zero attached hydrogens (tertiary/aromatic N) is 4. The number of hydrogen-bond donors (Lipinski definition) is 0. The van der Waals surface area contributed by atoms with E-state index in [1.807, 2.05) is 30.3 Å². The van der Waals surface area contributed by atoms with Crippen molar-refractivity contribution in [2.45, 2.75) is 5.16 Å². The van der Waals surface area contributed by atoms with E-state index < -0.39 is 0 Å². The molecular weight excluding hydrogens is 272 g/mol. The number of ether oxygens (including phenoxy) is 1. The summed E-state index contributed by atoms with van der Waals surface area (Å²) in [6, 6.07) is 9.79. The smallest absolute Gasteiger partial charge is 0.214 e. The van der Waals surface area contributed by atoms with Crippen molar-refractivity contribution >= 4 is 23.4 Å². The van der Waals surface area contributed by atoms with Gasteiger partial charge >= 0.3 is 0 Å². The van der Waals surface area contributed by atoms with E-state index in [0.717, 1.165) is 16.6 Å². The average Bonchev–Trinajstić information content (AvgIpc) is 2.88. The zero-order valence-corrected chi connectivity index (χ0v) is 11.3. The molecule has 1 heterocycles. The Labute approximate surface area is 114 Å². The number of tetrazole rings is 1. The molecule has 1 aromatic carbocycles. The lowest BCUT2D eigenvalue weighted by Gasteiger charge is -2.04. The van der Waals surface area contributed by atoms with Gasteiger partial charge in [0.25, 0.3) is 0 Å². The molecule has 5 nitrogen and oxygen atoms in total. The summed E-state index contributed by atoms with van der Waals surface area (Å²) in [7, 11) is 0. The molecule has 0 amide bonds. The number of hydrogen-bond acceptors (Lipinski definition) is 5. The first kappa shape index (κ1) is 13.3. The molecule has 0 atom stereocenters. The van der Waals surface area contributed by atoms with Crippen molar-refractivity contribution in [1.82, 2.24) is 20.2 Å². The summed E-state index contributed by atoms with van der Waals surface area (Å²) in [4.78, 5) is 0. The van der Waals surface area contributed by atoms with Crippen LogP contribution < -0.4 is 0 Å². The Hall–Kier alpha value is -1.11. The fourth-order valence-electron chi connectivity index (χ4n) is 1.35. The molecule has 2 rings (SSSR count). The Bertz CT molecular complexity index is 465. The van der Waals surface area contributed by atoms with E-state index in [1.54, 1.807) is 16.4 Å². The molecule has 0 saturated carbocycles. The topological polar surface area (TPSA) is 52.8 Å². The maximum atomic E-state index is 5.52. The lowest BCUT2D eigenvalue weighted by Crippen LogP contribution is -2.02. The third-order valence-electron chi connectivity index (χ3n) is 2.12. The van der Waals surface area contributed by atoms with Gasteiger partial charge in [-0.3, -0.25) is 0 Å². The van der Waals surface area contributed by atoms with Crippen molar-refractivity contribution in [3.63, 3.8) is 0 Å². The molecule has 1 aromatic heterocycles. The summed E-state index contributed by atoms with van der Waals surface area (Å²) in [6.45, 7) is 1.21. The first-order chi connectivity index (χ1) is 8.92. The molecule has 0 saturated heterocycles. The Balaban J connectivity index is 1.92. The van der Waals surface area contributed by atoms with Crippen molar-refractivity contribution in [2.24, 2.45) is 0 Å². The molecular formula is C11H13ClN4OS. The van der Waals surface area contributed by atoms with Crippen LogP contribution in [0, 0.1) is 0 Å². The molecule has 0 aliphatic carbocycles. The van der Waals surface area contributed by atoms with Gasteiger partial charge in [-0.05, 0) is 22.6 Å². The van der Waals surface area contributed by atoms with Crippen LogP contribution in [0.1, 0.15) is 0 Å². The van der Waals surface area contributed by atoms with Gasteiger partial charge in [-0.1, -0.05) is 30.0 Å². The molecule has 2 aromatic rings. The molecule has 0 bridgehead atoms. The van der Waals surface area contributed by atoms with Crippen molar-refractivity contribution in [1.29, 1.82) is 0 Å². The van der Waals surface area contributed by atoms with E-state index >= 15 is 0 Å². The number of alkyl halides is 1. The van der Waals surface area contributed by atoms with E-state index in [2.05, 4.69) is 15.5 Å². The Morgan fingerprint density at radius 2 is 2.06 bits per heavy atom. The number of rotatable bonds is 7. The van der Waals surface area contributed by atoms with Crippen molar-refractivity contribution in [3.05, 3.63) is 30.3 Å². The second-order valence-corrected chi connectivity index (χ2v) is 4.80. The number of thioether (sulfide) groups is 1. The highest BCUT2D eigenvalue weighted by atomic mass is 35.5. The van der Waals surface area contributed by atoms with Crippen LogP contribution in [0.4, 0.5) is 0 Å².